The summed E-state index contributed by atoms with van der Waals surface area (Å²) in [6.07, 6.45) is 0.391. The molecule has 1 rings (SSSR count). The molecule has 1 aromatic rings. The van der Waals surface area contributed by atoms with Crippen LogP contribution in [0.1, 0.15) is 19.3 Å². The number of carbonyl (C=O) groups is 2. The third kappa shape index (κ3) is 4.93. The molecule has 0 aliphatic heterocycles. The maximum atomic E-state index is 11.3. The van der Waals surface area contributed by atoms with Crippen molar-refractivity contribution in [2.24, 2.45) is 0 Å². The topological polar surface area (TPSA) is 69.2 Å². The number of nitrogens with one attached hydrogen (secondary N) is 1. The largest absolute Gasteiger partial charge is 0.550 e. The Bertz CT molecular complexity index is 375. The van der Waals surface area contributed by atoms with Crippen LogP contribution in [0.2, 0.25) is 0 Å². The smallest absolute Gasteiger partial charge is 0.224 e. The molecule has 1 N–H and O–H groups in total. The summed E-state index contributed by atoms with van der Waals surface area (Å²) in [6, 6.07) is 7.16. The highest BCUT2D eigenvalue weighted by atomic mass is 79.9. The fourth-order valence-electron chi connectivity index (χ4n) is 1.15. The first-order valence-corrected chi connectivity index (χ1v) is 5.62. The molecule has 0 aliphatic carbocycles. The van der Waals surface area contributed by atoms with E-state index in [1.54, 1.807) is 12.1 Å². The van der Waals surface area contributed by atoms with Gasteiger partial charge in [0.2, 0.25) is 5.91 Å². The SMILES string of the molecule is O=C([O-])CCCC(=O)Nc1ccc(Br)cc1. The molecule has 4 nitrogen and oxygen atoms in total. The summed E-state index contributed by atoms with van der Waals surface area (Å²) in [5.41, 5.74) is 0.696. The maximum absolute atomic E-state index is 11.3. The van der Waals surface area contributed by atoms with Gasteiger partial charge in [0.25, 0.3) is 0 Å². The molecule has 1 amide bonds. The van der Waals surface area contributed by atoms with Crippen LogP contribution >= 0.6 is 15.9 Å². The van der Waals surface area contributed by atoms with Crippen LogP contribution in [0.25, 0.3) is 0 Å². The molecule has 5 heteroatoms. The highest BCUT2D eigenvalue weighted by Crippen LogP contribution is 2.14. The van der Waals surface area contributed by atoms with Crippen molar-refractivity contribution < 1.29 is 14.7 Å². The Hall–Kier alpha value is -1.36. The van der Waals surface area contributed by atoms with Gasteiger partial charge in [-0.25, -0.2) is 0 Å². The number of halogens is 1. The number of aliphatic carboxylic acids is 1. The Morgan fingerprint density at radius 3 is 2.38 bits per heavy atom. The molecular formula is C11H11BrNO3-. The predicted molar refractivity (Wildman–Crippen MR) is 61.6 cm³/mol. The highest BCUT2D eigenvalue weighted by molar-refractivity contribution is 9.10. The van der Waals surface area contributed by atoms with Crippen molar-refractivity contribution in [1.29, 1.82) is 0 Å². The molecule has 0 atom stereocenters. The van der Waals surface area contributed by atoms with E-state index < -0.39 is 5.97 Å². The second-order valence-corrected chi connectivity index (χ2v) is 4.20. The van der Waals surface area contributed by atoms with Crippen molar-refractivity contribution >= 4 is 33.5 Å². The lowest BCUT2D eigenvalue weighted by Gasteiger charge is -2.05. The fourth-order valence-corrected chi connectivity index (χ4v) is 1.41. The first-order chi connectivity index (χ1) is 7.58. The van der Waals surface area contributed by atoms with Gasteiger partial charge in [-0.15, -0.1) is 0 Å². The molecule has 0 aliphatic rings. The monoisotopic (exact) mass is 284 g/mol. The molecule has 1 aromatic carbocycles. The van der Waals surface area contributed by atoms with Gasteiger partial charge in [-0.05, 0) is 37.1 Å². The number of hydrogen-bond acceptors (Lipinski definition) is 3. The standard InChI is InChI=1S/C11H12BrNO3/c12-8-4-6-9(7-5-8)13-10(14)2-1-3-11(15)16/h4-7H,1-3H2,(H,13,14)(H,15,16)/p-1. The van der Waals surface area contributed by atoms with E-state index in [1.807, 2.05) is 12.1 Å². The van der Waals surface area contributed by atoms with Crippen LogP contribution in [-0.2, 0) is 9.59 Å². The molecule has 0 saturated carbocycles. The zero-order valence-electron chi connectivity index (χ0n) is 8.53. The lowest BCUT2D eigenvalue weighted by atomic mass is 10.2. The van der Waals surface area contributed by atoms with E-state index in [9.17, 15) is 14.7 Å². The molecule has 0 saturated heterocycles. The summed E-state index contributed by atoms with van der Waals surface area (Å²) in [7, 11) is 0. The summed E-state index contributed by atoms with van der Waals surface area (Å²) in [4.78, 5) is 21.5. The van der Waals surface area contributed by atoms with Crippen molar-refractivity contribution in [1.82, 2.24) is 0 Å². The van der Waals surface area contributed by atoms with Crippen LogP contribution in [0.4, 0.5) is 5.69 Å². The van der Waals surface area contributed by atoms with E-state index in [0.717, 1.165) is 4.47 Å². The van der Waals surface area contributed by atoms with Gasteiger partial charge >= 0.3 is 0 Å². The summed E-state index contributed by atoms with van der Waals surface area (Å²) in [5.74, 6) is -1.32. The zero-order valence-corrected chi connectivity index (χ0v) is 10.1. The van der Waals surface area contributed by atoms with E-state index in [0.29, 0.717) is 12.1 Å². The van der Waals surface area contributed by atoms with Gasteiger partial charge in [0.1, 0.15) is 0 Å². The third-order valence-corrected chi connectivity index (χ3v) is 2.44. The molecule has 0 fully saturated rings. The van der Waals surface area contributed by atoms with Crippen molar-refractivity contribution in [3.63, 3.8) is 0 Å². The second kappa shape index (κ2) is 6.27. The highest BCUT2D eigenvalue weighted by Gasteiger charge is 2.01. The lowest BCUT2D eigenvalue weighted by molar-refractivity contribution is -0.305. The van der Waals surface area contributed by atoms with Gasteiger partial charge in [-0.1, -0.05) is 15.9 Å². The van der Waals surface area contributed by atoms with Gasteiger partial charge < -0.3 is 15.2 Å². The minimum Gasteiger partial charge on any atom is -0.550 e. The fraction of sp³-hybridized carbons (Fsp3) is 0.273. The number of carboxylic acid groups (broad SMARTS) is 1. The van der Waals surface area contributed by atoms with E-state index in [1.165, 1.54) is 0 Å². The van der Waals surface area contributed by atoms with Crippen LogP contribution in [0.15, 0.2) is 28.7 Å². The maximum Gasteiger partial charge on any atom is 0.224 e. The number of hydrogen-bond donors (Lipinski definition) is 1. The van der Waals surface area contributed by atoms with Crippen molar-refractivity contribution in [2.75, 3.05) is 5.32 Å². The number of carboxylic acids is 1. The zero-order chi connectivity index (χ0) is 12.0. The van der Waals surface area contributed by atoms with Crippen LogP contribution in [0.3, 0.4) is 0 Å². The number of carbonyl (C=O) groups excluding carboxylic acids is 2. The van der Waals surface area contributed by atoms with Crippen LogP contribution in [0.5, 0.6) is 0 Å². The van der Waals surface area contributed by atoms with Gasteiger partial charge in [-0.3, -0.25) is 4.79 Å². The molecule has 0 aromatic heterocycles. The minimum atomic E-state index is -1.13. The van der Waals surface area contributed by atoms with Crippen molar-refractivity contribution in [3.8, 4) is 0 Å². The van der Waals surface area contributed by atoms with Crippen molar-refractivity contribution in [3.05, 3.63) is 28.7 Å². The molecule has 0 bridgehead atoms. The Balaban J connectivity index is 2.34. The summed E-state index contributed by atoms with van der Waals surface area (Å²) >= 11 is 3.28. The molecular weight excluding hydrogens is 274 g/mol. The Labute approximate surface area is 102 Å². The number of benzene rings is 1. The Kier molecular flexibility index (Phi) is 4.98. The molecule has 16 heavy (non-hydrogen) atoms. The van der Waals surface area contributed by atoms with E-state index >= 15 is 0 Å². The first kappa shape index (κ1) is 12.7. The summed E-state index contributed by atoms with van der Waals surface area (Å²) in [6.45, 7) is 0. The van der Waals surface area contributed by atoms with Crippen molar-refractivity contribution in [2.45, 2.75) is 19.3 Å². The molecule has 0 heterocycles. The molecule has 0 unspecified atom stereocenters. The summed E-state index contributed by atoms with van der Waals surface area (Å²) < 4.78 is 0.933. The van der Waals surface area contributed by atoms with Crippen LogP contribution < -0.4 is 10.4 Å². The van der Waals surface area contributed by atoms with E-state index in [2.05, 4.69) is 21.2 Å². The summed E-state index contributed by atoms with van der Waals surface area (Å²) in [5, 5.41) is 12.8. The second-order valence-electron chi connectivity index (χ2n) is 3.28. The number of rotatable bonds is 5. The molecule has 86 valence electrons. The molecule has 0 radical (unpaired) electrons. The Morgan fingerprint density at radius 2 is 1.81 bits per heavy atom. The van der Waals surface area contributed by atoms with Gasteiger partial charge in [-0.2, -0.15) is 0 Å². The number of anilines is 1. The van der Waals surface area contributed by atoms with Gasteiger partial charge in [0.05, 0.1) is 0 Å². The average molecular weight is 285 g/mol. The predicted octanol–water partition coefficient (Wildman–Crippen LogP) is 1.31. The lowest BCUT2D eigenvalue weighted by Crippen LogP contribution is -2.22. The minimum absolute atomic E-state index is 0.0895. The number of amides is 1. The van der Waals surface area contributed by atoms with E-state index in [4.69, 9.17) is 0 Å². The average Bonchev–Trinajstić information content (AvgIpc) is 2.21. The van der Waals surface area contributed by atoms with E-state index in [-0.39, 0.29) is 18.7 Å². The molecule has 0 spiro atoms. The first-order valence-electron chi connectivity index (χ1n) is 4.83. The normalized spacial score (nSPS) is 9.81. The van der Waals surface area contributed by atoms with Gasteiger partial charge in [0.15, 0.2) is 0 Å². The van der Waals surface area contributed by atoms with Crippen LogP contribution in [-0.4, -0.2) is 11.9 Å². The van der Waals surface area contributed by atoms with Crippen LogP contribution in [0, 0.1) is 0 Å². The quantitative estimate of drug-likeness (QED) is 0.886. The van der Waals surface area contributed by atoms with Gasteiger partial charge in [0, 0.05) is 22.6 Å². The third-order valence-electron chi connectivity index (χ3n) is 1.91. The Morgan fingerprint density at radius 1 is 1.19 bits per heavy atom.